The Morgan fingerprint density at radius 1 is 0.800 bits per heavy atom. The molecule has 0 atom stereocenters. The third-order valence-electron chi connectivity index (χ3n) is 2.95. The van der Waals surface area contributed by atoms with Crippen LogP contribution in [-0.4, -0.2) is 14.2 Å². The summed E-state index contributed by atoms with van der Waals surface area (Å²) in [5.74, 6) is 1.78. The van der Waals surface area contributed by atoms with Gasteiger partial charge in [-0.05, 0) is 35.4 Å². The van der Waals surface area contributed by atoms with Gasteiger partial charge < -0.3 is 14.8 Å². The topological polar surface area (TPSA) is 30.5 Å². The molecule has 3 nitrogen and oxygen atoms in total. The smallest absolute Gasteiger partial charge is 0.119 e. The Kier molecular flexibility index (Phi) is 7.12. The minimum atomic E-state index is 0. The third kappa shape index (κ3) is 4.87. The lowest BCUT2D eigenvalue weighted by Crippen LogP contribution is -2.12. The van der Waals surface area contributed by atoms with E-state index in [1.54, 1.807) is 14.2 Å². The first-order valence-electron chi connectivity index (χ1n) is 6.28. The van der Waals surface area contributed by atoms with Gasteiger partial charge in [0, 0.05) is 13.1 Å². The second-order valence-electron chi connectivity index (χ2n) is 4.30. The van der Waals surface area contributed by atoms with Gasteiger partial charge in [-0.15, -0.1) is 17.0 Å². The summed E-state index contributed by atoms with van der Waals surface area (Å²) in [7, 11) is 3.36. The molecule has 0 amide bonds. The molecule has 0 radical (unpaired) electrons. The van der Waals surface area contributed by atoms with Gasteiger partial charge in [0.2, 0.25) is 0 Å². The Balaban J connectivity index is 0.00000200. The molecule has 0 fully saturated rings. The van der Waals surface area contributed by atoms with E-state index in [1.807, 2.05) is 30.3 Å². The van der Waals surface area contributed by atoms with Gasteiger partial charge >= 0.3 is 0 Å². The molecule has 0 saturated carbocycles. The lowest BCUT2D eigenvalue weighted by Gasteiger charge is -2.07. The molecule has 0 saturated heterocycles. The van der Waals surface area contributed by atoms with Crippen molar-refractivity contribution >= 4 is 17.0 Å². The number of rotatable bonds is 6. The van der Waals surface area contributed by atoms with Gasteiger partial charge in [0.1, 0.15) is 11.5 Å². The lowest BCUT2D eigenvalue weighted by molar-refractivity contribution is 0.414. The van der Waals surface area contributed by atoms with Crippen LogP contribution in [0.5, 0.6) is 11.5 Å². The Morgan fingerprint density at radius 2 is 1.45 bits per heavy atom. The molecule has 108 valence electrons. The van der Waals surface area contributed by atoms with Crippen LogP contribution in [-0.2, 0) is 13.1 Å². The summed E-state index contributed by atoms with van der Waals surface area (Å²) in [4.78, 5) is 0. The molecule has 2 aromatic carbocycles. The molecule has 0 unspecified atom stereocenters. The molecule has 1 N–H and O–H groups in total. The zero-order valence-corrected chi connectivity index (χ0v) is 13.5. The average Bonchev–Trinajstić information content (AvgIpc) is 2.48. The van der Waals surface area contributed by atoms with Gasteiger partial charge in [0.25, 0.3) is 0 Å². The molecule has 2 rings (SSSR count). The third-order valence-corrected chi connectivity index (χ3v) is 2.95. The van der Waals surface area contributed by atoms with E-state index in [0.29, 0.717) is 0 Å². The van der Waals surface area contributed by atoms with Gasteiger partial charge in [0.15, 0.2) is 0 Å². The summed E-state index contributed by atoms with van der Waals surface area (Å²) < 4.78 is 10.3. The molecular weight excluding hydrogens is 318 g/mol. The number of hydrogen-bond acceptors (Lipinski definition) is 3. The van der Waals surface area contributed by atoms with E-state index in [4.69, 9.17) is 9.47 Å². The Bertz CT molecular complexity index is 514. The minimum Gasteiger partial charge on any atom is -0.497 e. The molecule has 0 aliphatic carbocycles. The molecule has 0 spiro atoms. The SMILES string of the molecule is Br.COc1ccc(CNCc2cccc(OC)c2)cc1. The predicted octanol–water partition coefficient (Wildman–Crippen LogP) is 3.57. The van der Waals surface area contributed by atoms with Crippen molar-refractivity contribution in [2.24, 2.45) is 0 Å². The van der Waals surface area contributed by atoms with Crippen LogP contribution in [0, 0.1) is 0 Å². The summed E-state index contributed by atoms with van der Waals surface area (Å²) in [6.45, 7) is 1.66. The van der Waals surface area contributed by atoms with E-state index < -0.39 is 0 Å². The molecule has 2 aromatic rings. The van der Waals surface area contributed by atoms with Crippen molar-refractivity contribution in [3.63, 3.8) is 0 Å². The van der Waals surface area contributed by atoms with Crippen molar-refractivity contribution in [1.29, 1.82) is 0 Å². The van der Waals surface area contributed by atoms with Crippen molar-refractivity contribution in [2.45, 2.75) is 13.1 Å². The van der Waals surface area contributed by atoms with Crippen LogP contribution >= 0.6 is 17.0 Å². The van der Waals surface area contributed by atoms with Crippen molar-refractivity contribution in [1.82, 2.24) is 5.32 Å². The first kappa shape index (κ1) is 16.5. The van der Waals surface area contributed by atoms with Gasteiger partial charge in [-0.3, -0.25) is 0 Å². The summed E-state index contributed by atoms with van der Waals surface area (Å²) in [5, 5.41) is 3.41. The van der Waals surface area contributed by atoms with Crippen molar-refractivity contribution in [3.05, 3.63) is 59.7 Å². The highest BCUT2D eigenvalue weighted by atomic mass is 79.9. The van der Waals surface area contributed by atoms with E-state index in [0.717, 1.165) is 24.6 Å². The predicted molar refractivity (Wildman–Crippen MR) is 86.9 cm³/mol. The second-order valence-corrected chi connectivity index (χ2v) is 4.30. The van der Waals surface area contributed by atoms with Gasteiger partial charge in [0.05, 0.1) is 14.2 Å². The molecule has 0 bridgehead atoms. The molecule has 20 heavy (non-hydrogen) atoms. The lowest BCUT2D eigenvalue weighted by atomic mass is 10.2. The van der Waals surface area contributed by atoms with Crippen LogP contribution in [0.1, 0.15) is 11.1 Å². The van der Waals surface area contributed by atoms with Crippen LogP contribution < -0.4 is 14.8 Å². The normalized spacial score (nSPS) is 9.70. The number of methoxy groups -OCH3 is 2. The number of ether oxygens (including phenoxy) is 2. The summed E-state index contributed by atoms with van der Waals surface area (Å²) in [6, 6.07) is 16.2. The standard InChI is InChI=1S/C16H19NO2.BrH/c1-18-15-8-6-13(7-9-15)11-17-12-14-4-3-5-16(10-14)19-2;/h3-10,17H,11-12H2,1-2H3;1H. The second kappa shape index (κ2) is 8.61. The fourth-order valence-corrected chi connectivity index (χ4v) is 1.88. The Hall–Kier alpha value is -1.52. The van der Waals surface area contributed by atoms with Crippen molar-refractivity contribution in [3.8, 4) is 11.5 Å². The monoisotopic (exact) mass is 337 g/mol. The molecule has 0 aliphatic rings. The fraction of sp³-hybridized carbons (Fsp3) is 0.250. The van der Waals surface area contributed by atoms with Crippen LogP contribution in [0.25, 0.3) is 0 Å². The number of hydrogen-bond donors (Lipinski definition) is 1. The van der Waals surface area contributed by atoms with Crippen molar-refractivity contribution < 1.29 is 9.47 Å². The largest absolute Gasteiger partial charge is 0.497 e. The molecular formula is C16H20BrNO2. The highest BCUT2D eigenvalue weighted by Crippen LogP contribution is 2.13. The van der Waals surface area contributed by atoms with Gasteiger partial charge in [-0.2, -0.15) is 0 Å². The number of nitrogens with one attached hydrogen (secondary N) is 1. The maximum absolute atomic E-state index is 5.20. The fourth-order valence-electron chi connectivity index (χ4n) is 1.88. The number of halogens is 1. The average molecular weight is 338 g/mol. The first-order chi connectivity index (χ1) is 9.31. The Morgan fingerprint density at radius 3 is 2.10 bits per heavy atom. The van der Waals surface area contributed by atoms with Gasteiger partial charge in [-0.1, -0.05) is 24.3 Å². The summed E-state index contributed by atoms with van der Waals surface area (Å²) >= 11 is 0. The molecule has 0 heterocycles. The summed E-state index contributed by atoms with van der Waals surface area (Å²) in [5.41, 5.74) is 2.46. The van der Waals surface area contributed by atoms with Gasteiger partial charge in [-0.25, -0.2) is 0 Å². The van der Waals surface area contributed by atoms with E-state index in [1.165, 1.54) is 11.1 Å². The summed E-state index contributed by atoms with van der Waals surface area (Å²) in [6.07, 6.45) is 0. The quantitative estimate of drug-likeness (QED) is 0.873. The zero-order chi connectivity index (χ0) is 13.5. The van der Waals surface area contributed by atoms with Crippen molar-refractivity contribution in [2.75, 3.05) is 14.2 Å². The van der Waals surface area contributed by atoms with E-state index in [9.17, 15) is 0 Å². The highest BCUT2D eigenvalue weighted by Gasteiger charge is 1.97. The van der Waals surface area contributed by atoms with Crippen LogP contribution in [0.2, 0.25) is 0 Å². The molecule has 0 aromatic heterocycles. The number of benzene rings is 2. The molecule has 0 aliphatic heterocycles. The maximum Gasteiger partial charge on any atom is 0.119 e. The van der Waals surface area contributed by atoms with Crippen LogP contribution in [0.4, 0.5) is 0 Å². The first-order valence-corrected chi connectivity index (χ1v) is 6.28. The Labute approximate surface area is 130 Å². The van der Waals surface area contributed by atoms with E-state index >= 15 is 0 Å². The molecule has 4 heteroatoms. The van der Waals surface area contributed by atoms with E-state index in [-0.39, 0.29) is 17.0 Å². The van der Waals surface area contributed by atoms with E-state index in [2.05, 4.69) is 23.5 Å². The maximum atomic E-state index is 5.20. The zero-order valence-electron chi connectivity index (χ0n) is 11.8. The van der Waals surface area contributed by atoms with Crippen LogP contribution in [0.15, 0.2) is 48.5 Å². The van der Waals surface area contributed by atoms with Crippen LogP contribution in [0.3, 0.4) is 0 Å². The highest BCUT2D eigenvalue weighted by molar-refractivity contribution is 8.93. The minimum absolute atomic E-state index is 0.